The third-order valence-corrected chi connectivity index (χ3v) is 2.79. The molecule has 1 heterocycles. The first-order valence-electron chi connectivity index (χ1n) is 5.54. The number of ether oxygens (including phenoxy) is 1. The van der Waals surface area contributed by atoms with Crippen LogP contribution >= 0.6 is 0 Å². The summed E-state index contributed by atoms with van der Waals surface area (Å²) in [6, 6.07) is 7.66. The molecule has 3 nitrogen and oxygen atoms in total. The summed E-state index contributed by atoms with van der Waals surface area (Å²) in [7, 11) is 0. The molecular weight excluding hydrogens is 188 g/mol. The highest BCUT2D eigenvalue weighted by atomic mass is 16.5. The van der Waals surface area contributed by atoms with Gasteiger partial charge in [-0.05, 0) is 31.5 Å². The van der Waals surface area contributed by atoms with Crippen LogP contribution < -0.4 is 15.8 Å². The van der Waals surface area contributed by atoms with Crippen molar-refractivity contribution in [3.63, 3.8) is 0 Å². The zero-order valence-electron chi connectivity index (χ0n) is 8.91. The van der Waals surface area contributed by atoms with Gasteiger partial charge in [0.2, 0.25) is 0 Å². The van der Waals surface area contributed by atoms with E-state index < -0.39 is 0 Å². The highest BCUT2D eigenvalue weighted by Gasteiger charge is 2.13. The molecule has 3 N–H and O–H groups in total. The van der Waals surface area contributed by atoms with Gasteiger partial charge in [0.25, 0.3) is 0 Å². The maximum absolute atomic E-state index is 5.80. The largest absolute Gasteiger partial charge is 0.491 e. The average Bonchev–Trinajstić information content (AvgIpc) is 2.29. The SMILES string of the molecule is Nc1ccccc1OCC1CCCNC1. The lowest BCUT2D eigenvalue weighted by Crippen LogP contribution is -2.33. The standard InChI is InChI=1S/C12H18N2O/c13-11-5-1-2-6-12(11)15-9-10-4-3-7-14-8-10/h1-2,5-6,10,14H,3-4,7-9,13H2. The Kier molecular flexibility index (Phi) is 3.45. The molecule has 1 aromatic rings. The van der Waals surface area contributed by atoms with E-state index in [9.17, 15) is 0 Å². The van der Waals surface area contributed by atoms with Crippen LogP contribution in [0, 0.1) is 5.92 Å². The van der Waals surface area contributed by atoms with E-state index in [4.69, 9.17) is 10.5 Å². The molecule has 0 radical (unpaired) electrons. The Morgan fingerprint density at radius 2 is 2.27 bits per heavy atom. The van der Waals surface area contributed by atoms with Crippen molar-refractivity contribution in [3.8, 4) is 5.75 Å². The van der Waals surface area contributed by atoms with E-state index in [0.29, 0.717) is 5.92 Å². The normalized spacial score (nSPS) is 21.2. The fourth-order valence-electron chi connectivity index (χ4n) is 1.89. The molecule has 3 heteroatoms. The maximum Gasteiger partial charge on any atom is 0.142 e. The molecule has 1 unspecified atom stereocenters. The van der Waals surface area contributed by atoms with E-state index in [2.05, 4.69) is 5.32 Å². The smallest absolute Gasteiger partial charge is 0.142 e. The van der Waals surface area contributed by atoms with Crippen molar-refractivity contribution < 1.29 is 4.74 Å². The fraction of sp³-hybridized carbons (Fsp3) is 0.500. The first-order valence-corrected chi connectivity index (χ1v) is 5.54. The summed E-state index contributed by atoms with van der Waals surface area (Å²) in [5.74, 6) is 1.43. The number of hydrogen-bond donors (Lipinski definition) is 2. The van der Waals surface area contributed by atoms with Gasteiger partial charge in [-0.2, -0.15) is 0 Å². The molecule has 0 aliphatic carbocycles. The van der Waals surface area contributed by atoms with E-state index in [-0.39, 0.29) is 0 Å². The number of para-hydroxylation sites is 2. The fourth-order valence-corrected chi connectivity index (χ4v) is 1.89. The van der Waals surface area contributed by atoms with Crippen LogP contribution in [0.4, 0.5) is 5.69 Å². The molecule has 82 valence electrons. The zero-order valence-corrected chi connectivity index (χ0v) is 8.91. The number of piperidine rings is 1. The van der Waals surface area contributed by atoms with Crippen LogP contribution in [0.3, 0.4) is 0 Å². The number of anilines is 1. The average molecular weight is 206 g/mol. The third-order valence-electron chi connectivity index (χ3n) is 2.79. The quantitative estimate of drug-likeness (QED) is 0.739. The second-order valence-electron chi connectivity index (χ2n) is 4.06. The summed E-state index contributed by atoms with van der Waals surface area (Å²) in [6.07, 6.45) is 2.50. The molecule has 1 aromatic carbocycles. The van der Waals surface area contributed by atoms with E-state index in [0.717, 1.165) is 31.1 Å². The van der Waals surface area contributed by atoms with Crippen molar-refractivity contribution in [1.29, 1.82) is 0 Å². The highest BCUT2D eigenvalue weighted by Crippen LogP contribution is 2.21. The molecule has 2 rings (SSSR count). The van der Waals surface area contributed by atoms with E-state index >= 15 is 0 Å². The predicted molar refractivity (Wildman–Crippen MR) is 61.9 cm³/mol. The molecule has 0 saturated carbocycles. The zero-order chi connectivity index (χ0) is 10.5. The molecule has 0 spiro atoms. The highest BCUT2D eigenvalue weighted by molar-refractivity contribution is 5.51. The Morgan fingerprint density at radius 3 is 3.00 bits per heavy atom. The molecule has 0 aromatic heterocycles. The summed E-state index contributed by atoms with van der Waals surface area (Å²) in [5, 5.41) is 3.37. The number of hydrogen-bond acceptors (Lipinski definition) is 3. The van der Waals surface area contributed by atoms with Gasteiger partial charge in [0.1, 0.15) is 5.75 Å². The predicted octanol–water partition coefficient (Wildman–Crippen LogP) is 1.65. The van der Waals surface area contributed by atoms with Crippen LogP contribution in [0.25, 0.3) is 0 Å². The van der Waals surface area contributed by atoms with Gasteiger partial charge in [-0.15, -0.1) is 0 Å². The lowest BCUT2D eigenvalue weighted by atomic mass is 10.0. The summed E-state index contributed by atoms with van der Waals surface area (Å²) < 4.78 is 5.71. The van der Waals surface area contributed by atoms with Crippen LogP contribution in [0.5, 0.6) is 5.75 Å². The summed E-state index contributed by atoms with van der Waals surface area (Å²) >= 11 is 0. The van der Waals surface area contributed by atoms with Crippen LogP contribution in [-0.4, -0.2) is 19.7 Å². The molecule has 15 heavy (non-hydrogen) atoms. The molecule has 1 fully saturated rings. The van der Waals surface area contributed by atoms with Crippen LogP contribution in [0.1, 0.15) is 12.8 Å². The number of benzene rings is 1. The second-order valence-corrected chi connectivity index (χ2v) is 4.06. The molecule has 0 bridgehead atoms. The van der Waals surface area contributed by atoms with E-state index in [1.807, 2.05) is 24.3 Å². The van der Waals surface area contributed by atoms with Gasteiger partial charge in [-0.25, -0.2) is 0 Å². The molecule has 0 amide bonds. The van der Waals surface area contributed by atoms with E-state index in [1.165, 1.54) is 12.8 Å². The summed E-state index contributed by atoms with van der Waals surface area (Å²) in [6.45, 7) is 2.97. The molecule has 1 aliphatic rings. The Hall–Kier alpha value is -1.22. The van der Waals surface area contributed by atoms with Gasteiger partial charge in [0.15, 0.2) is 0 Å². The minimum atomic E-state index is 0.623. The van der Waals surface area contributed by atoms with Crippen molar-refractivity contribution in [1.82, 2.24) is 5.32 Å². The van der Waals surface area contributed by atoms with Crippen LogP contribution in [-0.2, 0) is 0 Å². The van der Waals surface area contributed by atoms with Gasteiger partial charge in [-0.1, -0.05) is 12.1 Å². The number of nitrogens with one attached hydrogen (secondary N) is 1. The summed E-state index contributed by atoms with van der Waals surface area (Å²) in [4.78, 5) is 0. The van der Waals surface area contributed by atoms with Gasteiger partial charge in [0.05, 0.1) is 12.3 Å². The van der Waals surface area contributed by atoms with Crippen LogP contribution in [0.15, 0.2) is 24.3 Å². The van der Waals surface area contributed by atoms with Crippen molar-refractivity contribution in [2.75, 3.05) is 25.4 Å². The number of nitrogens with two attached hydrogens (primary N) is 1. The second kappa shape index (κ2) is 5.03. The first kappa shape index (κ1) is 10.3. The van der Waals surface area contributed by atoms with Crippen molar-refractivity contribution in [2.45, 2.75) is 12.8 Å². The number of rotatable bonds is 3. The minimum Gasteiger partial charge on any atom is -0.491 e. The Bertz CT molecular complexity index is 308. The minimum absolute atomic E-state index is 0.623. The Labute approximate surface area is 90.6 Å². The monoisotopic (exact) mass is 206 g/mol. The van der Waals surface area contributed by atoms with E-state index in [1.54, 1.807) is 0 Å². The van der Waals surface area contributed by atoms with Crippen molar-refractivity contribution in [2.24, 2.45) is 5.92 Å². The maximum atomic E-state index is 5.80. The van der Waals surface area contributed by atoms with Crippen molar-refractivity contribution in [3.05, 3.63) is 24.3 Å². The molecule has 1 aliphatic heterocycles. The summed E-state index contributed by atoms with van der Waals surface area (Å²) in [5.41, 5.74) is 6.52. The lowest BCUT2D eigenvalue weighted by molar-refractivity contribution is 0.219. The molecular formula is C12H18N2O. The van der Waals surface area contributed by atoms with Gasteiger partial charge in [-0.3, -0.25) is 0 Å². The van der Waals surface area contributed by atoms with Gasteiger partial charge < -0.3 is 15.8 Å². The Balaban J connectivity index is 1.84. The van der Waals surface area contributed by atoms with Gasteiger partial charge >= 0.3 is 0 Å². The first-order chi connectivity index (χ1) is 7.36. The number of nitrogen functional groups attached to an aromatic ring is 1. The van der Waals surface area contributed by atoms with Crippen molar-refractivity contribution >= 4 is 5.69 Å². The lowest BCUT2D eigenvalue weighted by Gasteiger charge is -2.23. The topological polar surface area (TPSA) is 47.3 Å². The molecule has 1 saturated heterocycles. The van der Waals surface area contributed by atoms with Gasteiger partial charge in [0, 0.05) is 12.5 Å². The van der Waals surface area contributed by atoms with Crippen LogP contribution in [0.2, 0.25) is 0 Å². The Morgan fingerprint density at radius 1 is 1.40 bits per heavy atom. The third kappa shape index (κ3) is 2.86. The molecule has 1 atom stereocenters.